The van der Waals surface area contributed by atoms with Gasteiger partial charge in [0.1, 0.15) is 52.4 Å². The fourth-order valence-electron chi connectivity index (χ4n) is 4.63. The molecule has 3 N–H and O–H groups in total. The number of benzene rings is 3. The zero-order valence-electron chi connectivity index (χ0n) is 40.8. The lowest BCUT2D eigenvalue weighted by atomic mass is 10.1. The second-order valence-electron chi connectivity index (χ2n) is 16.9. The highest BCUT2D eigenvalue weighted by Gasteiger charge is 2.40. The predicted molar refractivity (Wildman–Crippen MR) is 261 cm³/mol. The van der Waals surface area contributed by atoms with Gasteiger partial charge in [-0.25, -0.2) is 43.3 Å². The van der Waals surface area contributed by atoms with E-state index in [1.165, 1.54) is 43.4 Å². The second-order valence-corrected chi connectivity index (χ2v) is 23.0. The molecule has 0 amide bonds. The molecule has 460 valence electrons. The number of likely N-dealkylation sites (N-methyl/N-ethyl adjacent to an activating group) is 1. The van der Waals surface area contributed by atoms with Crippen LogP contribution in [-0.4, -0.2) is 178 Å². The van der Waals surface area contributed by atoms with Crippen molar-refractivity contribution >= 4 is 75.3 Å². The van der Waals surface area contributed by atoms with E-state index in [0.717, 1.165) is 9.99 Å². The highest BCUT2D eigenvalue weighted by Crippen LogP contribution is 2.38. The van der Waals surface area contributed by atoms with Gasteiger partial charge < -0.3 is 29.0 Å². The van der Waals surface area contributed by atoms with Crippen LogP contribution in [0, 0.1) is 22.7 Å². The molecule has 0 unspecified atom stereocenters. The fraction of sp³-hybridized carbons (Fsp3) is 0.439. The van der Waals surface area contributed by atoms with Crippen LogP contribution < -0.4 is 13.4 Å². The summed E-state index contributed by atoms with van der Waals surface area (Å²) in [5.74, 6) is -3.63. The van der Waals surface area contributed by atoms with Gasteiger partial charge in [0.25, 0.3) is 0 Å². The van der Waals surface area contributed by atoms with E-state index in [2.05, 4.69) is 0 Å². The van der Waals surface area contributed by atoms with Crippen molar-refractivity contribution in [2.24, 2.45) is 0 Å². The summed E-state index contributed by atoms with van der Waals surface area (Å²) in [6, 6.07) is 15.9. The van der Waals surface area contributed by atoms with Crippen molar-refractivity contribution in [1.82, 2.24) is 17.8 Å². The molecule has 0 bridgehead atoms. The molecule has 0 saturated heterocycles. The Bertz CT molecular complexity index is 3040. The highest BCUT2D eigenvalue weighted by molar-refractivity contribution is 7.89. The largest absolute Gasteiger partial charge is 0.741 e. The van der Waals surface area contributed by atoms with E-state index >= 15 is 0 Å². The molecule has 0 saturated carbocycles. The Morgan fingerprint density at radius 2 is 0.775 bits per heavy atom. The summed E-state index contributed by atoms with van der Waals surface area (Å²) in [7, 11) is -4.89. The molecule has 0 aromatic heterocycles. The molecule has 23 nitrogen and oxygen atoms in total. The van der Waals surface area contributed by atoms with E-state index in [1.54, 1.807) is 33.3 Å². The second kappa shape index (κ2) is 30.5. The average molecular weight is 1260 g/mol. The Morgan fingerprint density at radius 3 is 1.01 bits per heavy atom. The number of carboxylic acid groups (broad SMARTS) is 3. The number of rotatable bonds is 9. The molecule has 39 heteroatoms. The maximum atomic E-state index is 12.8. The molecule has 3 rings (SSSR count). The van der Waals surface area contributed by atoms with E-state index in [4.69, 9.17) is 59.5 Å². The van der Waals surface area contributed by atoms with Crippen LogP contribution in [0.3, 0.4) is 0 Å². The maximum Gasteiger partial charge on any atom is 0.485 e. The van der Waals surface area contributed by atoms with Crippen molar-refractivity contribution in [1.29, 1.82) is 10.5 Å². The van der Waals surface area contributed by atoms with Crippen LogP contribution in [0.4, 0.5) is 69.7 Å². The number of halogens is 12. The predicted octanol–water partition coefficient (Wildman–Crippen LogP) is 6.58. The number of hydrogen-bond donors (Lipinski definition) is 3. The minimum absolute atomic E-state index is 0. The molecule has 0 aliphatic rings. The zero-order chi connectivity index (χ0) is 62.5. The Morgan fingerprint density at radius 1 is 0.512 bits per heavy atom. The number of aromatic carboxylic acids is 2. The van der Waals surface area contributed by atoms with Crippen molar-refractivity contribution in [2.45, 2.75) is 49.9 Å². The first-order valence-corrected chi connectivity index (χ1v) is 24.8. The van der Waals surface area contributed by atoms with Crippen LogP contribution in [0.2, 0.25) is 0 Å². The Hall–Kier alpha value is -6.27. The minimum Gasteiger partial charge on any atom is -0.741 e. The lowest BCUT2D eigenvalue weighted by Gasteiger charge is -2.26. The van der Waals surface area contributed by atoms with Gasteiger partial charge in [-0.1, -0.05) is 22.3 Å². The first kappa shape index (κ1) is 85.0. The van der Waals surface area contributed by atoms with Crippen LogP contribution in [-0.2, 0) is 51.3 Å². The number of hydrogen-bond acceptors (Lipinski definition) is 16. The van der Waals surface area contributed by atoms with Crippen molar-refractivity contribution in [2.75, 3.05) is 77.0 Å². The molecule has 3 aromatic rings. The highest BCUT2D eigenvalue weighted by atomic mass is 32.2. The summed E-state index contributed by atoms with van der Waals surface area (Å²) in [5, 5.41) is 44.3. The molecule has 0 atom stereocenters. The van der Waals surface area contributed by atoms with Gasteiger partial charge in [-0.2, -0.15) is 67.5 Å². The van der Waals surface area contributed by atoms with E-state index < -0.39 is 93.1 Å². The summed E-state index contributed by atoms with van der Waals surface area (Å²) < 4.78 is 241. The third-order valence-electron chi connectivity index (χ3n) is 8.09. The number of carbonyl (C=O) groups is 3. The first-order chi connectivity index (χ1) is 33.6. The number of sulfonamides is 1. The molecular weight excluding hydrogens is 1200 g/mol. The monoisotopic (exact) mass is 1260 g/mol. The van der Waals surface area contributed by atoms with Crippen LogP contribution in [0.15, 0.2) is 59.5 Å². The summed E-state index contributed by atoms with van der Waals surface area (Å²) in [6.07, 6.45) is -4.56. The third-order valence-corrected chi connectivity index (χ3v) is 11.6. The summed E-state index contributed by atoms with van der Waals surface area (Å²) >= 11 is 0. The molecular formula is C41H56F12N6O17S4. The quantitative estimate of drug-likeness (QED) is 0.0881. The van der Waals surface area contributed by atoms with Crippen LogP contribution in [0.25, 0.3) is 0 Å². The van der Waals surface area contributed by atoms with Gasteiger partial charge in [0, 0.05) is 25.2 Å². The van der Waals surface area contributed by atoms with Crippen LogP contribution in [0.1, 0.15) is 59.7 Å². The van der Waals surface area contributed by atoms with E-state index in [9.17, 15) is 80.7 Å². The van der Waals surface area contributed by atoms with Gasteiger partial charge in [-0.15, -0.1) is 0 Å². The normalized spacial score (nSPS) is 12.1. The summed E-state index contributed by atoms with van der Waals surface area (Å²) in [5.41, 5.74) is -15.9. The van der Waals surface area contributed by atoms with Crippen molar-refractivity contribution < 1.29 is 130 Å². The molecule has 0 fully saturated rings. The topological polar surface area (TPSA) is 368 Å². The van der Waals surface area contributed by atoms with Crippen molar-refractivity contribution in [3.8, 4) is 12.1 Å². The molecule has 0 radical (unpaired) electrons. The van der Waals surface area contributed by atoms with E-state index in [-0.39, 0.29) is 54.0 Å². The molecule has 3 aromatic carbocycles. The van der Waals surface area contributed by atoms with Crippen molar-refractivity contribution in [3.05, 3.63) is 82.4 Å². The molecule has 0 spiro atoms. The maximum absolute atomic E-state index is 12.8. The van der Waals surface area contributed by atoms with Gasteiger partial charge in [0.2, 0.25) is 10.0 Å². The van der Waals surface area contributed by atoms with Crippen molar-refractivity contribution in [3.63, 3.8) is 0 Å². The Kier molecular flexibility index (Phi) is 32.4. The van der Waals surface area contributed by atoms with Crippen LogP contribution >= 0.6 is 0 Å². The number of nitrogens with zero attached hydrogens (tertiary/aromatic N) is 6. The average Bonchev–Trinajstić information content (AvgIpc) is 3.20. The third kappa shape index (κ3) is 28.7. The van der Waals surface area contributed by atoms with Gasteiger partial charge in [0.05, 0.1) is 79.5 Å². The molecule has 0 aliphatic carbocycles. The number of carboxylic acids is 3. The summed E-state index contributed by atoms with van der Waals surface area (Å²) in [6.45, 7) is -0.638. The SMILES string of the molecule is C.C.C.CN(CC(=O)O)S(=O)(=O)c1ccc([N+](C)(C)C)c(C#N)c1.C[N+](C)(C)c1ccc(C(=O)O)cc1C#N.C[N+](C)(C)c1ccc(C(=O)O)cc1C(F)(F)F.O=S(=O)([O-])C(F)(F)F.O=S(=O)([O-])C(F)(F)F.O=S(=O)([O-])C(F)(F)F. The van der Waals surface area contributed by atoms with E-state index in [1.807, 2.05) is 54.4 Å². The number of nitriles is 2. The van der Waals surface area contributed by atoms with Gasteiger partial charge >= 0.3 is 40.6 Å². The zero-order valence-corrected chi connectivity index (χ0v) is 44.1. The standard InChI is InChI=1S/C13H17N3O4S.C11H12F3NO2.C11H12N2O2.3CHF3O3S.3CH4/c1-15(9-13(17)18)21(19,20)11-5-6-12(16(2,3)4)10(7-11)8-14;1-15(2,3)9-5-4-7(10(16)17)6-8(9)11(12,13)14;1-13(2,3)10-5-4-8(11(14)15)6-9(10)7-12;3*2-1(3,4)8(5,6)7;;;/h5-7H,9H2,1-4H3;4-6H,1-3H3;4-6H,1-3H3;3*(H,5,6,7);3*1H4. The molecule has 80 heavy (non-hydrogen) atoms. The first-order valence-electron chi connectivity index (χ1n) is 19.1. The number of alkyl halides is 12. The van der Waals surface area contributed by atoms with Gasteiger partial charge in [0.15, 0.2) is 30.4 Å². The Balaban J connectivity index is -0.000000212. The lowest BCUT2D eigenvalue weighted by Crippen LogP contribution is -2.37. The smallest absolute Gasteiger partial charge is 0.485 e. The fourth-order valence-corrected chi connectivity index (χ4v) is 5.78. The number of quaternary nitrogens is 3. The number of aliphatic carboxylic acids is 1. The van der Waals surface area contributed by atoms with Gasteiger partial charge in [-0.3, -0.25) is 18.2 Å². The van der Waals surface area contributed by atoms with Crippen LogP contribution in [0.5, 0.6) is 0 Å². The lowest BCUT2D eigenvalue weighted by molar-refractivity contribution is -0.138. The van der Waals surface area contributed by atoms with E-state index in [0.29, 0.717) is 26.3 Å². The molecule has 0 aliphatic heterocycles. The summed E-state index contributed by atoms with van der Waals surface area (Å²) in [4.78, 5) is 31.9. The van der Waals surface area contributed by atoms with Gasteiger partial charge in [-0.05, 0) is 36.4 Å². The Labute approximate surface area is 453 Å². The molecule has 0 heterocycles. The minimum atomic E-state index is -6.09.